The van der Waals surface area contributed by atoms with E-state index in [9.17, 15) is 38.7 Å². The lowest BCUT2D eigenvalue weighted by Crippen LogP contribution is -2.59. The number of hydrogen-bond acceptors (Lipinski definition) is 8. The highest BCUT2D eigenvalue weighted by atomic mass is 32.1. The predicted octanol–water partition coefficient (Wildman–Crippen LogP) is 4.61. The van der Waals surface area contributed by atoms with E-state index in [4.69, 9.17) is 0 Å². The van der Waals surface area contributed by atoms with E-state index in [2.05, 4.69) is 31.9 Å². The molecule has 1 fully saturated rings. The lowest BCUT2D eigenvalue weighted by molar-refractivity contribution is -0.143. The Kier molecular flexibility index (Phi) is 14.1. The SMILES string of the molecule is O=C1CCC(=O)NC(c2cccs2)C(=O)N[C@@H](Cc2ccc(-c3ccccc3)cc2)C(=O)N[C@H](CCc2ccccc2)C(=O)N[C@H](C(=O)NC2(C(=O)O)CC2)Cc2ccc(cc2)N1. The molecule has 1 aliphatic carbocycles. The number of carboxylic acids is 1. The number of rotatable bonds is 10. The van der Waals surface area contributed by atoms with Crippen molar-refractivity contribution in [3.63, 3.8) is 0 Å². The van der Waals surface area contributed by atoms with Crippen LogP contribution in [0.1, 0.15) is 59.7 Å². The maximum Gasteiger partial charge on any atom is 0.329 e. The van der Waals surface area contributed by atoms with Crippen LogP contribution in [0.15, 0.2) is 127 Å². The minimum absolute atomic E-state index is 0.00305. The molecule has 3 aliphatic rings. The fraction of sp³-hybridized carbons (Fsp3) is 0.271. The molecular weight excluding hydrogens is 821 g/mol. The summed E-state index contributed by atoms with van der Waals surface area (Å²) in [7, 11) is 0. The zero-order valence-electron chi connectivity index (χ0n) is 34.3. The molecule has 2 bridgehead atoms. The maximum absolute atomic E-state index is 14.6. The Morgan fingerprint density at radius 2 is 1.29 bits per heavy atom. The number of fused-ring (bicyclic) bond motifs is 18. The van der Waals surface area contributed by atoms with Crippen molar-refractivity contribution in [1.29, 1.82) is 0 Å². The van der Waals surface area contributed by atoms with Gasteiger partial charge in [0, 0.05) is 36.2 Å². The van der Waals surface area contributed by atoms with Crippen LogP contribution in [0.3, 0.4) is 0 Å². The number of carbonyl (C=O) groups excluding carboxylic acids is 6. The summed E-state index contributed by atoms with van der Waals surface area (Å²) in [5.41, 5.74) is 3.08. The summed E-state index contributed by atoms with van der Waals surface area (Å²) in [6.07, 6.45) is 0.443. The fourth-order valence-electron chi connectivity index (χ4n) is 7.35. The summed E-state index contributed by atoms with van der Waals surface area (Å²) in [5.74, 6) is -4.98. The molecule has 1 aromatic heterocycles. The molecule has 8 rings (SSSR count). The van der Waals surface area contributed by atoms with E-state index in [1.54, 1.807) is 41.8 Å². The van der Waals surface area contributed by atoms with Crippen molar-refractivity contribution in [2.24, 2.45) is 0 Å². The first kappa shape index (κ1) is 43.9. The summed E-state index contributed by atoms with van der Waals surface area (Å²) >= 11 is 1.23. The highest BCUT2D eigenvalue weighted by Crippen LogP contribution is 2.35. The summed E-state index contributed by atoms with van der Waals surface area (Å²) in [4.78, 5) is 96.1. The molecule has 0 saturated heterocycles. The third-order valence-electron chi connectivity index (χ3n) is 11.1. The standard InChI is InChI=1S/C48H48N6O8S/c55-40-23-24-41(56)53-42(39-12-7-27-63-39)46(60)52-37(28-31-13-18-34(19-14-31)33-10-5-2-6-11-33)44(58)50-36(22-17-30-8-3-1-4-9-30)43(57)51-38(29-32-15-20-35(49-40)21-16-32)45(59)54-48(25-26-48)47(61)62/h1-16,18-21,27,36-38,42H,17,22-26,28-29H2,(H,49,55)(H,50,58)(H,51,57)(H,52,60)(H,53,56)(H,54,59)(H,61,62)/t36-,37+,38+,42?/m1/s1. The Morgan fingerprint density at radius 3 is 1.94 bits per heavy atom. The second kappa shape index (κ2) is 20.2. The van der Waals surface area contributed by atoms with Crippen molar-refractivity contribution in [1.82, 2.24) is 26.6 Å². The molecule has 15 heteroatoms. The molecule has 4 atom stereocenters. The largest absolute Gasteiger partial charge is 0.480 e. The maximum atomic E-state index is 14.6. The molecule has 324 valence electrons. The zero-order chi connectivity index (χ0) is 44.3. The van der Waals surface area contributed by atoms with Crippen molar-refractivity contribution in [2.45, 2.75) is 81.1 Å². The first-order chi connectivity index (χ1) is 30.4. The summed E-state index contributed by atoms with van der Waals surface area (Å²) < 4.78 is 0. The second-order valence-electron chi connectivity index (χ2n) is 15.8. The Labute approximate surface area is 368 Å². The normalized spacial score (nSPS) is 20.7. The monoisotopic (exact) mass is 868 g/mol. The number of carboxylic acid groups (broad SMARTS) is 1. The van der Waals surface area contributed by atoms with Crippen LogP contribution in [0.5, 0.6) is 0 Å². The molecule has 1 saturated carbocycles. The van der Waals surface area contributed by atoms with Crippen molar-refractivity contribution in [2.75, 3.05) is 5.32 Å². The number of hydrogen-bond donors (Lipinski definition) is 7. The third kappa shape index (κ3) is 11.8. The van der Waals surface area contributed by atoms with Gasteiger partial charge in [0.05, 0.1) is 0 Å². The molecule has 63 heavy (non-hydrogen) atoms. The molecule has 14 nitrogen and oxygen atoms in total. The van der Waals surface area contributed by atoms with E-state index >= 15 is 0 Å². The van der Waals surface area contributed by atoms with Crippen LogP contribution in [-0.2, 0) is 52.8 Å². The van der Waals surface area contributed by atoms with Crippen LogP contribution >= 0.6 is 11.3 Å². The van der Waals surface area contributed by atoms with Gasteiger partial charge in [0.2, 0.25) is 35.4 Å². The van der Waals surface area contributed by atoms with Crippen molar-refractivity contribution < 1.29 is 38.7 Å². The smallest absolute Gasteiger partial charge is 0.329 e. The lowest BCUT2D eigenvalue weighted by Gasteiger charge is -2.27. The minimum Gasteiger partial charge on any atom is -0.480 e. The quantitative estimate of drug-likeness (QED) is 0.0984. The summed E-state index contributed by atoms with van der Waals surface area (Å²) in [6.45, 7) is 0. The second-order valence-corrected chi connectivity index (χ2v) is 16.8. The van der Waals surface area contributed by atoms with Gasteiger partial charge in [-0.05, 0) is 77.1 Å². The van der Waals surface area contributed by atoms with Crippen molar-refractivity contribution in [3.8, 4) is 11.1 Å². The molecular formula is C48H48N6O8S. The number of aliphatic carboxylic acids is 1. The molecule has 0 radical (unpaired) electrons. The molecule has 0 spiro atoms. The Balaban J connectivity index is 1.23. The van der Waals surface area contributed by atoms with Gasteiger partial charge in [-0.2, -0.15) is 0 Å². The van der Waals surface area contributed by atoms with E-state index in [-0.39, 0.29) is 44.9 Å². The molecule has 7 N–H and O–H groups in total. The molecule has 4 aromatic carbocycles. The van der Waals surface area contributed by atoms with Crippen LogP contribution < -0.4 is 31.9 Å². The van der Waals surface area contributed by atoms with Gasteiger partial charge in [-0.25, -0.2) is 4.79 Å². The Bertz CT molecular complexity index is 2420. The summed E-state index contributed by atoms with van der Waals surface area (Å²) in [6, 6.07) is 31.6. The molecule has 1 unspecified atom stereocenters. The van der Waals surface area contributed by atoms with Crippen molar-refractivity contribution in [3.05, 3.63) is 148 Å². The van der Waals surface area contributed by atoms with E-state index in [0.717, 1.165) is 16.7 Å². The van der Waals surface area contributed by atoms with Gasteiger partial charge in [-0.15, -0.1) is 11.3 Å². The van der Waals surface area contributed by atoms with E-state index in [1.165, 1.54) is 11.3 Å². The topological polar surface area (TPSA) is 212 Å². The number of anilines is 1. The highest BCUT2D eigenvalue weighted by Gasteiger charge is 2.52. The van der Waals surface area contributed by atoms with Crippen LogP contribution in [0.25, 0.3) is 11.1 Å². The highest BCUT2D eigenvalue weighted by molar-refractivity contribution is 7.10. The van der Waals surface area contributed by atoms with Crippen LogP contribution in [-0.4, -0.2) is 70.2 Å². The molecule has 6 amide bonds. The van der Waals surface area contributed by atoms with Gasteiger partial charge in [0.15, 0.2) is 0 Å². The number of aryl methyl sites for hydroxylation is 1. The predicted molar refractivity (Wildman–Crippen MR) is 237 cm³/mol. The van der Waals surface area contributed by atoms with Gasteiger partial charge >= 0.3 is 5.97 Å². The Morgan fingerprint density at radius 1 is 0.651 bits per heavy atom. The number of benzene rings is 4. The first-order valence-electron chi connectivity index (χ1n) is 20.8. The number of thiophene rings is 1. The zero-order valence-corrected chi connectivity index (χ0v) is 35.1. The van der Waals surface area contributed by atoms with E-state index in [0.29, 0.717) is 28.1 Å². The molecule has 5 aromatic rings. The van der Waals surface area contributed by atoms with E-state index < -0.39 is 71.1 Å². The van der Waals surface area contributed by atoms with Crippen LogP contribution in [0, 0.1) is 0 Å². The minimum atomic E-state index is -1.44. The summed E-state index contributed by atoms with van der Waals surface area (Å²) in [5, 5.41) is 28.2. The fourth-order valence-corrected chi connectivity index (χ4v) is 8.12. The number of carbonyl (C=O) groups is 7. The van der Waals surface area contributed by atoms with Crippen LogP contribution in [0.4, 0.5) is 5.69 Å². The van der Waals surface area contributed by atoms with Crippen LogP contribution in [0.2, 0.25) is 0 Å². The van der Waals surface area contributed by atoms with Gasteiger partial charge in [0.1, 0.15) is 29.7 Å². The number of amides is 6. The van der Waals surface area contributed by atoms with Gasteiger partial charge in [-0.1, -0.05) is 103 Å². The first-order valence-corrected chi connectivity index (χ1v) is 21.7. The Hall–Kier alpha value is -7.13. The van der Waals surface area contributed by atoms with Gasteiger partial charge in [0.25, 0.3) is 0 Å². The third-order valence-corrected chi connectivity index (χ3v) is 12.1. The average Bonchev–Trinajstić information content (AvgIpc) is 3.88. The van der Waals surface area contributed by atoms with Gasteiger partial charge in [-0.3, -0.25) is 28.8 Å². The van der Waals surface area contributed by atoms with E-state index in [1.807, 2.05) is 84.9 Å². The average molecular weight is 869 g/mol. The molecule has 3 heterocycles. The lowest BCUT2D eigenvalue weighted by atomic mass is 9.99. The van der Waals surface area contributed by atoms with Crippen molar-refractivity contribution >= 4 is 58.4 Å². The van der Waals surface area contributed by atoms with Gasteiger partial charge < -0.3 is 37.0 Å². The molecule has 2 aliphatic heterocycles. The number of nitrogens with one attached hydrogen (secondary N) is 6.